The van der Waals surface area contributed by atoms with E-state index in [0.29, 0.717) is 22.6 Å². The summed E-state index contributed by atoms with van der Waals surface area (Å²) in [6, 6.07) is 4.42. The molecule has 1 saturated carbocycles. The van der Waals surface area contributed by atoms with Crippen LogP contribution in [0.5, 0.6) is 11.5 Å². The Morgan fingerprint density at radius 3 is 2.81 bits per heavy atom. The van der Waals surface area contributed by atoms with E-state index in [2.05, 4.69) is 10.6 Å². The number of hydrogen-bond donors (Lipinski definition) is 2. The van der Waals surface area contributed by atoms with Crippen molar-refractivity contribution in [1.29, 1.82) is 0 Å². The minimum absolute atomic E-state index is 0.0738. The van der Waals surface area contributed by atoms with Gasteiger partial charge in [0.05, 0.1) is 25.2 Å². The quantitative estimate of drug-likeness (QED) is 0.772. The van der Waals surface area contributed by atoms with Gasteiger partial charge < -0.3 is 20.1 Å². The maximum Gasteiger partial charge on any atom is 0.223 e. The second kappa shape index (κ2) is 7.52. The van der Waals surface area contributed by atoms with Crippen LogP contribution >= 0.6 is 11.6 Å². The van der Waals surface area contributed by atoms with Crippen molar-refractivity contribution >= 4 is 17.5 Å². The summed E-state index contributed by atoms with van der Waals surface area (Å²) in [5.74, 6) is 1.00. The normalized spacial score (nSPS) is 13.9. The summed E-state index contributed by atoms with van der Waals surface area (Å²) < 4.78 is 10.9. The first kappa shape index (κ1) is 15.9. The predicted octanol–water partition coefficient (Wildman–Crippen LogP) is 2.12. The van der Waals surface area contributed by atoms with Crippen molar-refractivity contribution in [1.82, 2.24) is 10.6 Å². The fourth-order valence-corrected chi connectivity index (χ4v) is 2.22. The Hall–Kier alpha value is -1.46. The molecule has 0 atom stereocenters. The third-order valence-corrected chi connectivity index (χ3v) is 3.60. The molecule has 0 heterocycles. The fourth-order valence-electron chi connectivity index (χ4n) is 1.94. The van der Waals surface area contributed by atoms with E-state index in [0.717, 1.165) is 12.1 Å². The number of carbonyl (C=O) groups is 1. The van der Waals surface area contributed by atoms with Crippen molar-refractivity contribution in [2.75, 3.05) is 20.8 Å². The first-order valence-electron chi connectivity index (χ1n) is 7.07. The number of hydrogen-bond acceptors (Lipinski definition) is 4. The van der Waals surface area contributed by atoms with E-state index >= 15 is 0 Å². The van der Waals surface area contributed by atoms with Gasteiger partial charge in [0.25, 0.3) is 0 Å². The van der Waals surface area contributed by atoms with Crippen LogP contribution in [0.2, 0.25) is 5.02 Å². The molecule has 1 aliphatic rings. The van der Waals surface area contributed by atoms with E-state index in [4.69, 9.17) is 21.1 Å². The molecule has 1 aromatic rings. The number of ether oxygens (including phenoxy) is 2. The molecule has 0 unspecified atom stereocenters. The zero-order valence-corrected chi connectivity index (χ0v) is 13.1. The lowest BCUT2D eigenvalue weighted by Gasteiger charge is -2.14. The zero-order chi connectivity index (χ0) is 15.2. The Morgan fingerprint density at radius 2 is 2.19 bits per heavy atom. The molecule has 0 spiro atoms. The Bertz CT molecular complexity index is 504. The van der Waals surface area contributed by atoms with Crippen molar-refractivity contribution in [2.45, 2.75) is 31.8 Å². The fraction of sp³-hybridized carbons (Fsp3) is 0.533. The number of amides is 1. The Morgan fingerprint density at radius 1 is 1.43 bits per heavy atom. The van der Waals surface area contributed by atoms with Crippen molar-refractivity contribution < 1.29 is 14.3 Å². The first-order chi connectivity index (χ1) is 10.1. The highest BCUT2D eigenvalue weighted by atomic mass is 35.5. The van der Waals surface area contributed by atoms with Crippen LogP contribution in [-0.4, -0.2) is 32.7 Å². The Balaban J connectivity index is 1.99. The molecular weight excluding hydrogens is 292 g/mol. The van der Waals surface area contributed by atoms with E-state index in [1.807, 2.05) is 12.1 Å². The number of rotatable bonds is 8. The molecule has 0 saturated heterocycles. The maximum absolute atomic E-state index is 11.2. The average molecular weight is 313 g/mol. The van der Waals surface area contributed by atoms with E-state index in [1.165, 1.54) is 12.8 Å². The van der Waals surface area contributed by atoms with Crippen molar-refractivity contribution in [3.05, 3.63) is 22.7 Å². The highest BCUT2D eigenvalue weighted by Gasteiger charge is 2.20. The van der Waals surface area contributed by atoms with Crippen LogP contribution in [-0.2, 0) is 11.3 Å². The molecular formula is C15H21ClN2O3. The van der Waals surface area contributed by atoms with Crippen LogP contribution in [0.1, 0.15) is 24.8 Å². The van der Waals surface area contributed by atoms with E-state index in [-0.39, 0.29) is 18.9 Å². The van der Waals surface area contributed by atoms with E-state index < -0.39 is 0 Å². The molecule has 1 aliphatic carbocycles. The monoisotopic (exact) mass is 312 g/mol. The van der Waals surface area contributed by atoms with Gasteiger partial charge in [-0.25, -0.2) is 0 Å². The molecule has 0 radical (unpaired) electrons. The van der Waals surface area contributed by atoms with Gasteiger partial charge in [0.1, 0.15) is 0 Å². The van der Waals surface area contributed by atoms with Crippen LogP contribution in [0.15, 0.2) is 12.1 Å². The number of carbonyl (C=O) groups excluding carboxylic acids is 1. The first-order valence-corrected chi connectivity index (χ1v) is 7.45. The minimum atomic E-state index is -0.0738. The van der Waals surface area contributed by atoms with Crippen LogP contribution in [0, 0.1) is 0 Å². The van der Waals surface area contributed by atoms with Crippen LogP contribution < -0.4 is 20.1 Å². The Kier molecular flexibility index (Phi) is 5.70. The maximum atomic E-state index is 11.2. The molecule has 1 aromatic carbocycles. The minimum Gasteiger partial charge on any atom is -0.493 e. The molecule has 0 aromatic heterocycles. The van der Waals surface area contributed by atoms with Gasteiger partial charge in [-0.2, -0.15) is 0 Å². The standard InChI is InChI=1S/C15H21ClN2O3/c1-17-14(19)5-6-21-15-12(16)7-10(8-13(15)20-2)9-18-11-3-4-11/h7-8,11,18H,3-6,9H2,1-2H3,(H,17,19). The average Bonchev–Trinajstić information content (AvgIpc) is 3.30. The van der Waals surface area contributed by atoms with Gasteiger partial charge in [-0.05, 0) is 30.5 Å². The van der Waals surface area contributed by atoms with Gasteiger partial charge in [0.2, 0.25) is 5.91 Å². The van der Waals surface area contributed by atoms with Crippen molar-refractivity contribution in [3.8, 4) is 11.5 Å². The largest absolute Gasteiger partial charge is 0.493 e. The van der Waals surface area contributed by atoms with Crippen molar-refractivity contribution in [3.63, 3.8) is 0 Å². The lowest BCUT2D eigenvalue weighted by Crippen LogP contribution is -2.20. The predicted molar refractivity (Wildman–Crippen MR) is 82.0 cm³/mol. The molecule has 1 amide bonds. The van der Waals surface area contributed by atoms with E-state index in [1.54, 1.807) is 14.2 Å². The molecule has 1 fully saturated rings. The third-order valence-electron chi connectivity index (χ3n) is 3.32. The second-order valence-electron chi connectivity index (χ2n) is 5.04. The van der Waals surface area contributed by atoms with Crippen LogP contribution in [0.3, 0.4) is 0 Å². The van der Waals surface area contributed by atoms with Gasteiger partial charge in [0, 0.05) is 19.6 Å². The van der Waals surface area contributed by atoms with Crippen LogP contribution in [0.25, 0.3) is 0 Å². The number of benzene rings is 1. The van der Waals surface area contributed by atoms with Gasteiger partial charge in [-0.1, -0.05) is 11.6 Å². The SMILES string of the molecule is CNC(=O)CCOc1c(Cl)cc(CNC2CC2)cc1OC. The van der Waals surface area contributed by atoms with Gasteiger partial charge in [0.15, 0.2) is 11.5 Å². The smallest absolute Gasteiger partial charge is 0.223 e. The number of methoxy groups -OCH3 is 1. The summed E-state index contributed by atoms with van der Waals surface area (Å²) in [6.07, 6.45) is 2.76. The molecule has 0 bridgehead atoms. The van der Waals surface area contributed by atoms with Gasteiger partial charge in [-0.3, -0.25) is 4.79 Å². The molecule has 116 valence electrons. The van der Waals surface area contributed by atoms with E-state index in [9.17, 15) is 4.79 Å². The second-order valence-corrected chi connectivity index (χ2v) is 5.44. The Labute approximate surface area is 130 Å². The number of halogens is 1. The highest BCUT2D eigenvalue weighted by Crippen LogP contribution is 2.36. The summed E-state index contributed by atoms with van der Waals surface area (Å²) in [4.78, 5) is 11.2. The van der Waals surface area contributed by atoms with Gasteiger partial charge in [-0.15, -0.1) is 0 Å². The van der Waals surface area contributed by atoms with Crippen molar-refractivity contribution in [2.24, 2.45) is 0 Å². The third kappa shape index (κ3) is 4.79. The molecule has 5 nitrogen and oxygen atoms in total. The lowest BCUT2D eigenvalue weighted by molar-refractivity contribution is -0.121. The number of nitrogens with one attached hydrogen (secondary N) is 2. The summed E-state index contributed by atoms with van der Waals surface area (Å²) in [5, 5.41) is 6.47. The topological polar surface area (TPSA) is 59.6 Å². The summed E-state index contributed by atoms with van der Waals surface area (Å²) in [7, 11) is 3.17. The summed E-state index contributed by atoms with van der Waals surface area (Å²) in [6.45, 7) is 1.02. The molecule has 0 aliphatic heterocycles. The molecule has 6 heteroatoms. The highest BCUT2D eigenvalue weighted by molar-refractivity contribution is 6.32. The zero-order valence-electron chi connectivity index (χ0n) is 12.4. The molecule has 2 rings (SSSR count). The molecule has 2 N–H and O–H groups in total. The van der Waals surface area contributed by atoms with Crippen LogP contribution in [0.4, 0.5) is 0 Å². The molecule has 21 heavy (non-hydrogen) atoms. The lowest BCUT2D eigenvalue weighted by atomic mass is 10.2. The summed E-state index contributed by atoms with van der Waals surface area (Å²) >= 11 is 6.26. The van der Waals surface area contributed by atoms with Gasteiger partial charge >= 0.3 is 0 Å². The summed E-state index contributed by atoms with van der Waals surface area (Å²) in [5.41, 5.74) is 1.06.